The van der Waals surface area contributed by atoms with E-state index in [1.807, 2.05) is 0 Å². The average Bonchev–Trinajstić information content (AvgIpc) is 2.65. The Morgan fingerprint density at radius 2 is 2.28 bits per heavy atom. The van der Waals surface area contributed by atoms with Gasteiger partial charge in [-0.25, -0.2) is 23.5 Å². The van der Waals surface area contributed by atoms with E-state index in [0.717, 1.165) is 5.52 Å². The third-order valence-corrected chi connectivity index (χ3v) is 4.12. The minimum Gasteiger partial charge on any atom is -0.331 e. The van der Waals surface area contributed by atoms with Crippen LogP contribution in [0.1, 0.15) is 6.42 Å². The molecule has 2 aromatic heterocycles. The lowest BCUT2D eigenvalue weighted by molar-refractivity contribution is 0.596. The van der Waals surface area contributed by atoms with E-state index >= 15 is 0 Å². The lowest BCUT2D eigenvalue weighted by Gasteiger charge is -1.96. The molecule has 0 unspecified atom stereocenters. The first-order valence-electron chi connectivity index (χ1n) is 5.08. The second-order valence-corrected chi connectivity index (χ2v) is 6.89. The average molecular weight is 307 g/mol. The lowest BCUT2D eigenvalue weighted by atomic mass is 10.4. The number of imidazole rings is 1. The maximum Gasteiger partial charge on any atom is 0.209 e. The number of hydrogen-bond donors (Lipinski definition) is 2. The van der Waals surface area contributed by atoms with Gasteiger partial charge in [0.1, 0.15) is 0 Å². The number of hydrogen-bond acceptors (Lipinski definition) is 5. The third kappa shape index (κ3) is 3.84. The van der Waals surface area contributed by atoms with Crippen LogP contribution in [0.5, 0.6) is 0 Å². The van der Waals surface area contributed by atoms with Crippen molar-refractivity contribution in [2.75, 3.05) is 11.5 Å². The molecule has 0 aliphatic heterocycles. The highest BCUT2D eigenvalue weighted by molar-refractivity contribution is 7.99. The van der Waals surface area contributed by atoms with Gasteiger partial charge >= 0.3 is 0 Å². The summed E-state index contributed by atoms with van der Waals surface area (Å²) >= 11 is 7.23. The van der Waals surface area contributed by atoms with E-state index in [9.17, 15) is 8.42 Å². The first kappa shape index (κ1) is 13.6. The molecule has 9 heteroatoms. The van der Waals surface area contributed by atoms with Crippen molar-refractivity contribution in [3.05, 3.63) is 17.3 Å². The molecule has 2 heterocycles. The molecule has 0 aliphatic carbocycles. The number of pyridine rings is 1. The van der Waals surface area contributed by atoms with Crippen molar-refractivity contribution in [2.45, 2.75) is 11.6 Å². The third-order valence-electron chi connectivity index (χ3n) is 2.09. The molecular formula is C9H11ClN4O2S2. The van der Waals surface area contributed by atoms with E-state index in [0.29, 0.717) is 28.0 Å². The van der Waals surface area contributed by atoms with Crippen LogP contribution >= 0.6 is 23.4 Å². The molecule has 0 saturated heterocycles. The van der Waals surface area contributed by atoms with Gasteiger partial charge in [-0.1, -0.05) is 23.4 Å². The smallest absolute Gasteiger partial charge is 0.209 e. The van der Waals surface area contributed by atoms with Crippen molar-refractivity contribution in [2.24, 2.45) is 5.14 Å². The largest absolute Gasteiger partial charge is 0.331 e. The molecule has 2 rings (SSSR count). The van der Waals surface area contributed by atoms with Gasteiger partial charge in [0.25, 0.3) is 0 Å². The summed E-state index contributed by atoms with van der Waals surface area (Å²) in [7, 11) is -3.38. The number of nitrogens with two attached hydrogens (primary N) is 1. The van der Waals surface area contributed by atoms with Crippen molar-refractivity contribution >= 4 is 44.5 Å². The van der Waals surface area contributed by atoms with Gasteiger partial charge in [-0.2, -0.15) is 0 Å². The van der Waals surface area contributed by atoms with E-state index in [-0.39, 0.29) is 5.75 Å². The molecule has 0 aromatic carbocycles. The molecule has 6 nitrogen and oxygen atoms in total. The number of thioether (sulfide) groups is 1. The monoisotopic (exact) mass is 306 g/mol. The van der Waals surface area contributed by atoms with Gasteiger partial charge in [0.15, 0.2) is 10.8 Å². The summed E-state index contributed by atoms with van der Waals surface area (Å²) in [5, 5.41) is 6.14. The van der Waals surface area contributed by atoms with Gasteiger partial charge in [-0.05, 0) is 12.5 Å². The summed E-state index contributed by atoms with van der Waals surface area (Å²) < 4.78 is 21.5. The second-order valence-electron chi connectivity index (χ2n) is 3.64. The molecule has 18 heavy (non-hydrogen) atoms. The minimum absolute atomic E-state index is 0.0235. The van der Waals surface area contributed by atoms with Crippen LogP contribution in [0.15, 0.2) is 17.4 Å². The summed E-state index contributed by atoms with van der Waals surface area (Å²) in [4.78, 5) is 11.4. The van der Waals surface area contributed by atoms with Gasteiger partial charge in [0.2, 0.25) is 10.0 Å². The predicted molar refractivity (Wildman–Crippen MR) is 72.2 cm³/mol. The Bertz CT molecular complexity index is 656. The van der Waals surface area contributed by atoms with E-state index in [1.54, 1.807) is 6.07 Å². The number of H-pyrrole nitrogens is 1. The highest BCUT2D eigenvalue weighted by atomic mass is 35.5. The van der Waals surface area contributed by atoms with E-state index in [1.165, 1.54) is 18.0 Å². The first-order chi connectivity index (χ1) is 8.44. The van der Waals surface area contributed by atoms with Crippen LogP contribution in [0.4, 0.5) is 0 Å². The highest BCUT2D eigenvalue weighted by Gasteiger charge is 2.06. The molecule has 0 aliphatic rings. The van der Waals surface area contributed by atoms with Crippen molar-refractivity contribution in [1.82, 2.24) is 15.0 Å². The summed E-state index contributed by atoms with van der Waals surface area (Å²) in [6, 6.07) is 1.74. The Kier molecular flexibility index (Phi) is 4.10. The predicted octanol–water partition coefficient (Wildman–Crippen LogP) is 1.38. The normalized spacial score (nSPS) is 12.1. The molecule has 0 atom stereocenters. The topological polar surface area (TPSA) is 102 Å². The standard InChI is InChI=1S/C9H11ClN4O2S2/c10-6-4-7-8(12-5-6)14-9(13-7)17-2-1-3-18(11,15)16/h4-5H,1-3H2,(H2,11,15,16)(H,12,13,14). The maximum absolute atomic E-state index is 10.7. The number of halogens is 1. The minimum atomic E-state index is -3.38. The van der Waals surface area contributed by atoms with Crippen molar-refractivity contribution < 1.29 is 8.42 Å². The molecule has 0 spiro atoms. The number of rotatable bonds is 5. The number of fused-ring (bicyclic) bond motifs is 1. The molecule has 0 saturated carbocycles. The Hall–Kier alpha value is -0.830. The summed E-state index contributed by atoms with van der Waals surface area (Å²) in [6.07, 6.45) is 2.01. The fourth-order valence-corrected chi connectivity index (χ4v) is 3.05. The van der Waals surface area contributed by atoms with Crippen molar-refractivity contribution in [3.8, 4) is 0 Å². The van der Waals surface area contributed by atoms with Crippen LogP contribution in [0, 0.1) is 0 Å². The first-order valence-corrected chi connectivity index (χ1v) is 8.16. The molecule has 0 bridgehead atoms. The van der Waals surface area contributed by atoms with Gasteiger partial charge < -0.3 is 4.98 Å². The van der Waals surface area contributed by atoms with Crippen LogP contribution in [-0.4, -0.2) is 34.9 Å². The van der Waals surface area contributed by atoms with E-state index < -0.39 is 10.0 Å². The lowest BCUT2D eigenvalue weighted by Crippen LogP contribution is -2.16. The molecular weight excluding hydrogens is 296 g/mol. The number of nitrogens with one attached hydrogen (secondary N) is 1. The molecule has 0 radical (unpaired) electrons. The zero-order chi connectivity index (χ0) is 13.2. The number of aromatic nitrogens is 3. The van der Waals surface area contributed by atoms with Crippen LogP contribution in [0.25, 0.3) is 11.2 Å². The maximum atomic E-state index is 10.7. The van der Waals surface area contributed by atoms with Crippen LogP contribution in [0.3, 0.4) is 0 Å². The van der Waals surface area contributed by atoms with Crippen LogP contribution in [0.2, 0.25) is 5.02 Å². The fraction of sp³-hybridized carbons (Fsp3) is 0.333. The zero-order valence-corrected chi connectivity index (χ0v) is 11.6. The van der Waals surface area contributed by atoms with E-state index in [2.05, 4.69) is 15.0 Å². The van der Waals surface area contributed by atoms with E-state index in [4.69, 9.17) is 16.7 Å². The number of aromatic amines is 1. The quantitative estimate of drug-likeness (QED) is 0.642. The molecule has 2 aromatic rings. The summed E-state index contributed by atoms with van der Waals surface area (Å²) in [6.45, 7) is 0. The number of nitrogens with zero attached hydrogens (tertiary/aromatic N) is 2. The second kappa shape index (κ2) is 5.43. The van der Waals surface area contributed by atoms with Crippen molar-refractivity contribution in [3.63, 3.8) is 0 Å². The van der Waals surface area contributed by atoms with Gasteiger partial charge in [0.05, 0.1) is 16.3 Å². The van der Waals surface area contributed by atoms with Crippen LogP contribution in [-0.2, 0) is 10.0 Å². The Morgan fingerprint density at radius 3 is 3.00 bits per heavy atom. The van der Waals surface area contributed by atoms with Crippen molar-refractivity contribution in [1.29, 1.82) is 0 Å². The highest BCUT2D eigenvalue weighted by Crippen LogP contribution is 2.20. The molecule has 3 N–H and O–H groups in total. The SMILES string of the molecule is NS(=O)(=O)CCCSc1nc2ncc(Cl)cc2[nH]1. The Labute approximate surface area is 113 Å². The fourth-order valence-electron chi connectivity index (χ4n) is 1.35. The zero-order valence-electron chi connectivity index (χ0n) is 9.26. The summed E-state index contributed by atoms with van der Waals surface area (Å²) in [5.74, 6) is 0.592. The van der Waals surface area contributed by atoms with Gasteiger partial charge in [0, 0.05) is 11.9 Å². The number of primary sulfonamides is 1. The Morgan fingerprint density at radius 1 is 1.50 bits per heavy atom. The molecule has 0 amide bonds. The molecule has 0 fully saturated rings. The number of sulfonamides is 1. The van der Waals surface area contributed by atoms with Crippen LogP contribution < -0.4 is 5.14 Å². The Balaban J connectivity index is 1.96. The molecule has 98 valence electrons. The summed E-state index contributed by atoms with van der Waals surface area (Å²) in [5.41, 5.74) is 1.35. The van der Waals surface area contributed by atoms with Gasteiger partial charge in [-0.15, -0.1) is 0 Å². The van der Waals surface area contributed by atoms with Gasteiger partial charge in [-0.3, -0.25) is 0 Å².